The summed E-state index contributed by atoms with van der Waals surface area (Å²) in [6.07, 6.45) is 62.8. The Morgan fingerprint density at radius 3 is 0.828 bits per heavy atom. The van der Waals surface area contributed by atoms with E-state index in [1.54, 1.807) is 0 Å². The lowest BCUT2D eigenvalue weighted by atomic mass is 10.1. The van der Waals surface area contributed by atoms with Crippen LogP contribution in [0.4, 0.5) is 0 Å². The van der Waals surface area contributed by atoms with Crippen molar-refractivity contribution in [2.75, 3.05) is 13.2 Å². The van der Waals surface area contributed by atoms with E-state index in [1.165, 1.54) is 180 Å². The van der Waals surface area contributed by atoms with Gasteiger partial charge in [-0.05, 0) is 96.3 Å². The zero-order chi connectivity index (χ0) is 46.5. The molecule has 0 radical (unpaired) electrons. The first-order chi connectivity index (χ1) is 31.5. The molecular formula is C58H106O6. The Morgan fingerprint density at radius 1 is 0.297 bits per heavy atom. The van der Waals surface area contributed by atoms with Crippen molar-refractivity contribution in [2.45, 2.75) is 303 Å². The molecule has 6 heteroatoms. The summed E-state index contributed by atoms with van der Waals surface area (Å²) in [5.74, 6) is -0.886. The van der Waals surface area contributed by atoms with Crippen LogP contribution in [0.25, 0.3) is 0 Å². The van der Waals surface area contributed by atoms with Gasteiger partial charge in [-0.1, -0.05) is 218 Å². The predicted molar refractivity (Wildman–Crippen MR) is 275 cm³/mol. The lowest BCUT2D eigenvalue weighted by Crippen LogP contribution is -2.30. The molecule has 0 saturated carbocycles. The van der Waals surface area contributed by atoms with E-state index < -0.39 is 6.10 Å². The van der Waals surface area contributed by atoms with E-state index in [0.717, 1.165) is 77.0 Å². The molecule has 0 N–H and O–H groups in total. The van der Waals surface area contributed by atoms with Gasteiger partial charge in [0.05, 0.1) is 0 Å². The first-order valence-electron chi connectivity index (χ1n) is 28.0. The fraction of sp³-hybridized carbons (Fsp3) is 0.845. The molecule has 0 aromatic rings. The lowest BCUT2D eigenvalue weighted by Gasteiger charge is -2.18. The Balaban J connectivity index is 4.29. The highest BCUT2D eigenvalue weighted by molar-refractivity contribution is 5.71. The van der Waals surface area contributed by atoms with Crippen molar-refractivity contribution in [1.82, 2.24) is 0 Å². The quantitative estimate of drug-likeness (QED) is 0.0262. The first-order valence-corrected chi connectivity index (χ1v) is 28.0. The molecule has 0 aromatic carbocycles. The zero-order valence-corrected chi connectivity index (χ0v) is 42.8. The number of carbonyl (C=O) groups excluding carboxylic acids is 3. The fourth-order valence-corrected chi connectivity index (χ4v) is 8.07. The number of hydrogen-bond acceptors (Lipinski definition) is 6. The van der Waals surface area contributed by atoms with Crippen LogP contribution < -0.4 is 0 Å². The molecule has 0 bridgehead atoms. The maximum atomic E-state index is 12.8. The average molecular weight is 899 g/mol. The van der Waals surface area contributed by atoms with Crippen molar-refractivity contribution in [3.05, 3.63) is 36.5 Å². The highest BCUT2D eigenvalue weighted by Crippen LogP contribution is 2.15. The van der Waals surface area contributed by atoms with E-state index in [4.69, 9.17) is 14.2 Å². The summed E-state index contributed by atoms with van der Waals surface area (Å²) < 4.78 is 16.8. The van der Waals surface area contributed by atoms with E-state index >= 15 is 0 Å². The Labute approximate surface area is 397 Å². The number of allylic oxidation sites excluding steroid dienone is 6. The van der Waals surface area contributed by atoms with Crippen LogP contribution in [-0.4, -0.2) is 37.2 Å². The molecule has 0 saturated heterocycles. The third kappa shape index (κ3) is 50.6. The number of esters is 3. The number of unbranched alkanes of at least 4 members (excludes halogenated alkanes) is 34. The molecule has 0 aliphatic heterocycles. The Bertz CT molecular complexity index is 1080. The molecule has 6 nitrogen and oxygen atoms in total. The SMILES string of the molecule is CCCCC/C=C\CCCCCCCC(=O)OCC(COC(=O)CCCCCCCCCCC/C=C\CCCCCCCCCC)OC(=O)CCCCCCC/C=C\CCCCCC. The predicted octanol–water partition coefficient (Wildman–Crippen LogP) is 18.5. The second-order valence-electron chi connectivity index (χ2n) is 18.8. The van der Waals surface area contributed by atoms with E-state index in [-0.39, 0.29) is 31.1 Å². The van der Waals surface area contributed by atoms with Crippen LogP contribution in [0.5, 0.6) is 0 Å². The zero-order valence-electron chi connectivity index (χ0n) is 42.8. The number of ether oxygens (including phenoxy) is 3. The first kappa shape index (κ1) is 61.6. The van der Waals surface area contributed by atoms with Gasteiger partial charge in [0.2, 0.25) is 0 Å². The summed E-state index contributed by atoms with van der Waals surface area (Å²) in [6.45, 7) is 6.61. The smallest absolute Gasteiger partial charge is 0.306 e. The Morgan fingerprint density at radius 2 is 0.516 bits per heavy atom. The van der Waals surface area contributed by atoms with E-state index in [9.17, 15) is 14.4 Å². The van der Waals surface area contributed by atoms with Crippen molar-refractivity contribution in [3.63, 3.8) is 0 Å². The number of carbonyl (C=O) groups is 3. The number of rotatable bonds is 51. The second-order valence-corrected chi connectivity index (χ2v) is 18.8. The van der Waals surface area contributed by atoms with Crippen molar-refractivity contribution >= 4 is 17.9 Å². The minimum Gasteiger partial charge on any atom is -0.462 e. The van der Waals surface area contributed by atoms with Crippen LogP contribution in [0.15, 0.2) is 36.5 Å². The Kier molecular flexibility index (Phi) is 51.3. The van der Waals surface area contributed by atoms with Gasteiger partial charge in [-0.3, -0.25) is 14.4 Å². The van der Waals surface area contributed by atoms with Crippen LogP contribution in [0.3, 0.4) is 0 Å². The molecular weight excluding hydrogens is 793 g/mol. The summed E-state index contributed by atoms with van der Waals surface area (Å²) in [4.78, 5) is 38.0. The third-order valence-corrected chi connectivity index (χ3v) is 12.3. The summed E-state index contributed by atoms with van der Waals surface area (Å²) in [6, 6.07) is 0. The van der Waals surface area contributed by atoms with Gasteiger partial charge < -0.3 is 14.2 Å². The average Bonchev–Trinajstić information content (AvgIpc) is 3.29. The van der Waals surface area contributed by atoms with Gasteiger partial charge in [-0.2, -0.15) is 0 Å². The van der Waals surface area contributed by atoms with Crippen LogP contribution in [0, 0.1) is 0 Å². The highest BCUT2D eigenvalue weighted by Gasteiger charge is 2.19. The van der Waals surface area contributed by atoms with Gasteiger partial charge in [0.15, 0.2) is 6.10 Å². The summed E-state index contributed by atoms with van der Waals surface area (Å²) in [5.41, 5.74) is 0. The molecule has 1 unspecified atom stereocenters. The molecule has 64 heavy (non-hydrogen) atoms. The molecule has 0 aromatic heterocycles. The molecule has 0 rings (SSSR count). The van der Waals surface area contributed by atoms with Gasteiger partial charge in [-0.15, -0.1) is 0 Å². The van der Waals surface area contributed by atoms with Gasteiger partial charge in [-0.25, -0.2) is 0 Å². The van der Waals surface area contributed by atoms with E-state index in [2.05, 4.69) is 57.2 Å². The molecule has 0 spiro atoms. The molecule has 0 amide bonds. The van der Waals surface area contributed by atoms with Gasteiger partial charge >= 0.3 is 17.9 Å². The largest absolute Gasteiger partial charge is 0.462 e. The second kappa shape index (κ2) is 53.2. The standard InChI is InChI=1S/C58H106O6/c1-4-7-10-13-16-19-22-25-26-27-28-29-30-31-32-34-36-39-42-45-48-51-57(60)63-54-55(53-62-56(59)50-47-44-41-38-35-24-21-18-15-12-9-6-3)64-58(61)52-49-46-43-40-37-33-23-20-17-14-11-8-5-2/h18,20-21,23,27-28,55H,4-17,19,22,24-26,29-54H2,1-3H3/b21-18-,23-20-,28-27-. The van der Waals surface area contributed by atoms with Gasteiger partial charge in [0.25, 0.3) is 0 Å². The topological polar surface area (TPSA) is 78.9 Å². The van der Waals surface area contributed by atoms with Gasteiger partial charge in [0, 0.05) is 19.3 Å². The maximum absolute atomic E-state index is 12.8. The lowest BCUT2D eigenvalue weighted by molar-refractivity contribution is -0.167. The van der Waals surface area contributed by atoms with Crippen molar-refractivity contribution in [1.29, 1.82) is 0 Å². The van der Waals surface area contributed by atoms with Crippen molar-refractivity contribution in [3.8, 4) is 0 Å². The summed E-state index contributed by atoms with van der Waals surface area (Å²) >= 11 is 0. The minimum absolute atomic E-state index is 0.0773. The van der Waals surface area contributed by atoms with Crippen LogP contribution >= 0.6 is 0 Å². The van der Waals surface area contributed by atoms with Crippen molar-refractivity contribution in [2.24, 2.45) is 0 Å². The number of hydrogen-bond donors (Lipinski definition) is 0. The van der Waals surface area contributed by atoms with Crippen LogP contribution in [0.1, 0.15) is 297 Å². The Hall–Kier alpha value is -2.37. The molecule has 374 valence electrons. The van der Waals surface area contributed by atoms with E-state index in [0.29, 0.717) is 19.3 Å². The van der Waals surface area contributed by atoms with Crippen LogP contribution in [-0.2, 0) is 28.6 Å². The summed E-state index contributed by atoms with van der Waals surface area (Å²) in [7, 11) is 0. The van der Waals surface area contributed by atoms with Crippen LogP contribution in [0.2, 0.25) is 0 Å². The normalized spacial score (nSPS) is 12.2. The molecule has 0 aliphatic rings. The summed E-state index contributed by atoms with van der Waals surface area (Å²) in [5, 5.41) is 0. The molecule has 0 fully saturated rings. The molecule has 0 aliphatic carbocycles. The highest BCUT2D eigenvalue weighted by atomic mass is 16.6. The maximum Gasteiger partial charge on any atom is 0.306 e. The fourth-order valence-electron chi connectivity index (χ4n) is 8.07. The monoisotopic (exact) mass is 899 g/mol. The van der Waals surface area contributed by atoms with E-state index in [1.807, 2.05) is 0 Å². The van der Waals surface area contributed by atoms with Crippen molar-refractivity contribution < 1.29 is 28.6 Å². The third-order valence-electron chi connectivity index (χ3n) is 12.3. The molecule has 0 heterocycles. The molecule has 1 atom stereocenters. The van der Waals surface area contributed by atoms with Gasteiger partial charge in [0.1, 0.15) is 13.2 Å². The minimum atomic E-state index is -0.778.